The zero-order valence-corrected chi connectivity index (χ0v) is 19.8. The molecule has 0 saturated carbocycles. The SMILES string of the molecule is COC(=O)c1[nH]c2ccc(Cl)cc2c1NC(=O)[C@@H](C)N1CCN(c2cccc(C(F)(F)F)c2)CC1. The van der Waals surface area contributed by atoms with E-state index >= 15 is 0 Å². The summed E-state index contributed by atoms with van der Waals surface area (Å²) in [6.07, 6.45) is -4.40. The summed E-state index contributed by atoms with van der Waals surface area (Å²) >= 11 is 6.12. The summed E-state index contributed by atoms with van der Waals surface area (Å²) in [5, 5.41) is 3.85. The Kier molecular flexibility index (Phi) is 6.95. The average Bonchev–Trinajstić information content (AvgIpc) is 3.20. The van der Waals surface area contributed by atoms with Crippen LogP contribution in [-0.2, 0) is 15.7 Å². The molecule has 1 aliphatic heterocycles. The van der Waals surface area contributed by atoms with Crippen LogP contribution in [0.4, 0.5) is 24.5 Å². The Morgan fingerprint density at radius 3 is 2.49 bits per heavy atom. The van der Waals surface area contributed by atoms with Crippen molar-refractivity contribution in [3.8, 4) is 0 Å². The lowest BCUT2D eigenvalue weighted by Crippen LogP contribution is -2.52. The van der Waals surface area contributed by atoms with E-state index in [2.05, 4.69) is 10.3 Å². The Morgan fingerprint density at radius 1 is 1.11 bits per heavy atom. The topological polar surface area (TPSA) is 77.7 Å². The molecule has 186 valence electrons. The Hall–Kier alpha value is -3.24. The molecule has 3 aromatic rings. The molecule has 2 N–H and O–H groups in total. The van der Waals surface area contributed by atoms with Gasteiger partial charge in [-0.2, -0.15) is 13.2 Å². The summed E-state index contributed by atoms with van der Waals surface area (Å²) in [5.74, 6) is -0.960. The van der Waals surface area contributed by atoms with Crippen LogP contribution in [0.1, 0.15) is 23.0 Å². The quantitative estimate of drug-likeness (QED) is 0.485. The molecular formula is C24H24ClF3N4O3. The molecule has 1 aliphatic rings. The molecule has 11 heteroatoms. The molecule has 0 aliphatic carbocycles. The maximum atomic E-state index is 13.1. The highest BCUT2D eigenvalue weighted by molar-refractivity contribution is 6.31. The lowest BCUT2D eigenvalue weighted by molar-refractivity contribution is -0.137. The smallest absolute Gasteiger partial charge is 0.416 e. The number of piperazine rings is 1. The number of nitrogens with zero attached hydrogens (tertiary/aromatic N) is 2. The van der Waals surface area contributed by atoms with Crippen LogP contribution in [0.5, 0.6) is 0 Å². The second-order valence-corrected chi connectivity index (χ2v) is 8.73. The van der Waals surface area contributed by atoms with Gasteiger partial charge in [-0.05, 0) is 43.3 Å². The Morgan fingerprint density at radius 2 is 1.83 bits per heavy atom. The van der Waals surface area contributed by atoms with Gasteiger partial charge in [-0.15, -0.1) is 0 Å². The highest BCUT2D eigenvalue weighted by Crippen LogP contribution is 2.33. The Bertz CT molecular complexity index is 1250. The third-order valence-electron chi connectivity index (χ3n) is 6.18. The van der Waals surface area contributed by atoms with E-state index in [1.807, 2.05) is 9.80 Å². The highest BCUT2D eigenvalue weighted by Gasteiger charge is 2.32. The number of ether oxygens (including phenoxy) is 1. The summed E-state index contributed by atoms with van der Waals surface area (Å²) < 4.78 is 44.0. The lowest BCUT2D eigenvalue weighted by atomic mass is 10.1. The number of H-pyrrole nitrogens is 1. The molecule has 4 rings (SSSR count). The fraction of sp³-hybridized carbons (Fsp3) is 0.333. The van der Waals surface area contributed by atoms with Crippen LogP contribution >= 0.6 is 11.6 Å². The second-order valence-electron chi connectivity index (χ2n) is 8.29. The average molecular weight is 509 g/mol. The van der Waals surface area contributed by atoms with Gasteiger partial charge < -0.3 is 19.9 Å². The van der Waals surface area contributed by atoms with Crippen molar-refractivity contribution in [2.24, 2.45) is 0 Å². The number of esters is 1. The van der Waals surface area contributed by atoms with E-state index in [1.54, 1.807) is 31.2 Å². The Balaban J connectivity index is 1.46. The molecule has 0 bridgehead atoms. The number of carbonyl (C=O) groups excluding carboxylic acids is 2. The predicted molar refractivity (Wildman–Crippen MR) is 128 cm³/mol. The van der Waals surface area contributed by atoms with Crippen molar-refractivity contribution in [1.29, 1.82) is 0 Å². The first-order valence-corrected chi connectivity index (χ1v) is 11.3. The van der Waals surface area contributed by atoms with Gasteiger partial charge in [0.1, 0.15) is 5.69 Å². The van der Waals surface area contributed by atoms with Crippen LogP contribution in [0.15, 0.2) is 42.5 Å². The zero-order chi connectivity index (χ0) is 25.3. The molecule has 2 aromatic carbocycles. The summed E-state index contributed by atoms with van der Waals surface area (Å²) in [6, 6.07) is 9.71. The number of benzene rings is 2. The summed E-state index contributed by atoms with van der Waals surface area (Å²) in [6.45, 7) is 3.64. The number of aromatic nitrogens is 1. The van der Waals surface area contributed by atoms with Gasteiger partial charge in [0.2, 0.25) is 5.91 Å². The fourth-order valence-corrected chi connectivity index (χ4v) is 4.36. The number of halogens is 4. The van der Waals surface area contributed by atoms with Gasteiger partial charge in [-0.3, -0.25) is 9.69 Å². The van der Waals surface area contributed by atoms with E-state index in [1.165, 1.54) is 13.2 Å². The molecule has 7 nitrogen and oxygen atoms in total. The van der Waals surface area contributed by atoms with Crippen molar-refractivity contribution in [2.75, 3.05) is 43.5 Å². The van der Waals surface area contributed by atoms with Crippen molar-refractivity contribution in [3.05, 3.63) is 58.7 Å². The molecular weight excluding hydrogens is 485 g/mol. The van der Waals surface area contributed by atoms with Crippen molar-refractivity contribution in [2.45, 2.75) is 19.1 Å². The molecule has 0 radical (unpaired) electrons. The third-order valence-corrected chi connectivity index (χ3v) is 6.41. The van der Waals surface area contributed by atoms with Crippen LogP contribution in [0.3, 0.4) is 0 Å². The van der Waals surface area contributed by atoms with E-state index in [9.17, 15) is 22.8 Å². The molecule has 0 spiro atoms. The van der Waals surface area contributed by atoms with Crippen molar-refractivity contribution in [3.63, 3.8) is 0 Å². The van der Waals surface area contributed by atoms with Crippen molar-refractivity contribution < 1.29 is 27.5 Å². The normalized spacial score (nSPS) is 15.8. The van der Waals surface area contributed by atoms with E-state index in [4.69, 9.17) is 16.3 Å². The molecule has 1 fully saturated rings. The number of methoxy groups -OCH3 is 1. The summed E-state index contributed by atoms with van der Waals surface area (Å²) in [7, 11) is 1.25. The monoisotopic (exact) mass is 508 g/mol. The van der Waals surface area contributed by atoms with Gasteiger partial charge in [0.25, 0.3) is 0 Å². The van der Waals surface area contributed by atoms with E-state index in [0.29, 0.717) is 47.8 Å². The van der Waals surface area contributed by atoms with E-state index in [0.717, 1.165) is 12.1 Å². The zero-order valence-electron chi connectivity index (χ0n) is 19.1. The van der Waals surface area contributed by atoms with Gasteiger partial charge in [-0.25, -0.2) is 4.79 Å². The molecule has 1 amide bonds. The largest absolute Gasteiger partial charge is 0.464 e. The first-order chi connectivity index (χ1) is 16.6. The van der Waals surface area contributed by atoms with E-state index in [-0.39, 0.29) is 17.3 Å². The number of aromatic amines is 1. The molecule has 35 heavy (non-hydrogen) atoms. The first-order valence-electron chi connectivity index (χ1n) is 10.9. The Labute approximate surface area is 204 Å². The molecule has 1 aromatic heterocycles. The minimum Gasteiger partial charge on any atom is -0.464 e. The number of anilines is 2. The number of amides is 1. The minimum absolute atomic E-state index is 0.111. The van der Waals surface area contributed by atoms with Crippen LogP contribution in [0.25, 0.3) is 10.9 Å². The summed E-state index contributed by atoms with van der Waals surface area (Å²) in [4.78, 5) is 32.2. The summed E-state index contributed by atoms with van der Waals surface area (Å²) in [5.41, 5.74) is 0.821. The number of fused-ring (bicyclic) bond motifs is 1. The van der Waals surface area contributed by atoms with Crippen molar-refractivity contribution in [1.82, 2.24) is 9.88 Å². The van der Waals surface area contributed by atoms with Gasteiger partial charge in [0.15, 0.2) is 0 Å². The number of hydrogen-bond donors (Lipinski definition) is 2. The fourth-order valence-electron chi connectivity index (χ4n) is 4.19. The predicted octanol–water partition coefficient (Wildman–Crippen LogP) is 4.78. The highest BCUT2D eigenvalue weighted by atomic mass is 35.5. The number of alkyl halides is 3. The number of hydrogen-bond acceptors (Lipinski definition) is 5. The third kappa shape index (κ3) is 5.23. The van der Waals surface area contributed by atoms with Gasteiger partial charge >= 0.3 is 12.1 Å². The minimum atomic E-state index is -4.40. The van der Waals surface area contributed by atoms with Gasteiger partial charge in [0.05, 0.1) is 24.4 Å². The molecule has 1 atom stereocenters. The first kappa shape index (κ1) is 24.9. The number of rotatable bonds is 5. The van der Waals surface area contributed by atoms with Crippen LogP contribution in [0.2, 0.25) is 5.02 Å². The number of carbonyl (C=O) groups is 2. The van der Waals surface area contributed by atoms with Crippen LogP contribution in [-0.4, -0.2) is 61.1 Å². The number of nitrogens with one attached hydrogen (secondary N) is 2. The van der Waals surface area contributed by atoms with Gasteiger partial charge in [0, 0.05) is 47.8 Å². The second kappa shape index (κ2) is 9.79. The van der Waals surface area contributed by atoms with Crippen LogP contribution in [0, 0.1) is 0 Å². The lowest BCUT2D eigenvalue weighted by Gasteiger charge is -2.38. The maximum Gasteiger partial charge on any atom is 0.416 e. The molecule has 0 unspecified atom stereocenters. The van der Waals surface area contributed by atoms with Gasteiger partial charge in [-0.1, -0.05) is 17.7 Å². The maximum absolute atomic E-state index is 13.1. The molecule has 1 saturated heterocycles. The standard InChI is InChI=1S/C24H24ClF3N4O3/c1-14(31-8-10-32(11-9-31)17-5-3-4-15(12-17)24(26,27)28)22(33)30-20-18-13-16(25)6-7-19(18)29-21(20)23(34)35-2/h3-7,12-14,29H,8-11H2,1-2H3,(H,30,33)/t14-/m1/s1. The van der Waals surface area contributed by atoms with E-state index < -0.39 is 23.8 Å². The van der Waals surface area contributed by atoms with Crippen LogP contribution < -0.4 is 10.2 Å². The van der Waals surface area contributed by atoms with Crippen molar-refractivity contribution >= 4 is 45.8 Å². The molecule has 2 heterocycles.